The van der Waals surface area contributed by atoms with Crippen molar-refractivity contribution < 1.29 is 17.6 Å². The summed E-state index contributed by atoms with van der Waals surface area (Å²) in [4.78, 5) is 0. The van der Waals surface area contributed by atoms with Gasteiger partial charge in [0.25, 0.3) is 0 Å². The summed E-state index contributed by atoms with van der Waals surface area (Å²) in [7, 11) is 0. The van der Waals surface area contributed by atoms with E-state index in [2.05, 4.69) is 0 Å². The third-order valence-corrected chi connectivity index (χ3v) is 6.44. The van der Waals surface area contributed by atoms with Crippen LogP contribution in [-0.2, 0) is 19.3 Å². The summed E-state index contributed by atoms with van der Waals surface area (Å²) >= 11 is 0. The van der Waals surface area contributed by atoms with E-state index in [1.807, 2.05) is 13.8 Å². The van der Waals surface area contributed by atoms with Crippen LogP contribution in [0, 0.1) is 29.2 Å². The number of benzene rings is 2. The minimum Gasteiger partial charge on any atom is -0.203 e. The third-order valence-electron chi connectivity index (χ3n) is 6.44. The molecule has 0 saturated heterocycles. The Labute approximate surface area is 171 Å². The van der Waals surface area contributed by atoms with Crippen LogP contribution in [0.5, 0.6) is 0 Å². The van der Waals surface area contributed by atoms with E-state index in [1.165, 1.54) is 0 Å². The molecule has 0 amide bonds. The van der Waals surface area contributed by atoms with Crippen LogP contribution in [0.4, 0.5) is 17.6 Å². The molecule has 1 fully saturated rings. The van der Waals surface area contributed by atoms with Gasteiger partial charge in [-0.05, 0) is 85.5 Å². The molecule has 0 aromatic heterocycles. The van der Waals surface area contributed by atoms with Crippen LogP contribution in [0.3, 0.4) is 0 Å². The SMILES string of the molecule is CCCc1ccc(CCC2CCC(c3ccc(CC)c(F)c3F)CC2)c(F)c1F. The van der Waals surface area contributed by atoms with Crippen molar-refractivity contribution in [3.05, 3.63) is 69.8 Å². The Morgan fingerprint density at radius 2 is 1.24 bits per heavy atom. The molecule has 0 atom stereocenters. The number of hydrogen-bond acceptors (Lipinski definition) is 0. The topological polar surface area (TPSA) is 0 Å². The van der Waals surface area contributed by atoms with Crippen LogP contribution in [0.1, 0.15) is 80.5 Å². The van der Waals surface area contributed by atoms with Crippen LogP contribution >= 0.6 is 0 Å². The molecule has 0 bridgehead atoms. The van der Waals surface area contributed by atoms with Crippen molar-refractivity contribution in [2.75, 3.05) is 0 Å². The van der Waals surface area contributed by atoms with Gasteiger partial charge >= 0.3 is 0 Å². The molecule has 0 spiro atoms. The monoisotopic (exact) mass is 406 g/mol. The molecule has 1 aliphatic carbocycles. The molecule has 29 heavy (non-hydrogen) atoms. The second kappa shape index (κ2) is 9.77. The lowest BCUT2D eigenvalue weighted by molar-refractivity contribution is 0.303. The van der Waals surface area contributed by atoms with Gasteiger partial charge in [0.15, 0.2) is 23.3 Å². The van der Waals surface area contributed by atoms with Crippen molar-refractivity contribution in [3.63, 3.8) is 0 Å². The molecule has 3 rings (SSSR count). The smallest absolute Gasteiger partial charge is 0.162 e. The summed E-state index contributed by atoms with van der Waals surface area (Å²) in [6.07, 6.45) is 6.52. The summed E-state index contributed by atoms with van der Waals surface area (Å²) in [6.45, 7) is 3.76. The summed E-state index contributed by atoms with van der Waals surface area (Å²) in [5.41, 5.74) is 1.78. The van der Waals surface area contributed by atoms with Gasteiger partial charge in [-0.3, -0.25) is 0 Å². The van der Waals surface area contributed by atoms with E-state index in [0.29, 0.717) is 47.4 Å². The average Bonchev–Trinajstić information content (AvgIpc) is 2.73. The van der Waals surface area contributed by atoms with Gasteiger partial charge < -0.3 is 0 Å². The maximum absolute atomic E-state index is 14.4. The zero-order chi connectivity index (χ0) is 21.0. The predicted octanol–water partition coefficient (Wildman–Crippen LogP) is 7.66. The standard InChI is InChI=1S/C25H30F4/c1-3-5-19-12-13-20(24(28)23(19)27)11-8-16-6-9-18(10-7-16)21-15-14-17(4-2)22(26)25(21)29/h12-16,18H,3-11H2,1-2H3. The molecule has 4 heteroatoms. The highest BCUT2D eigenvalue weighted by Gasteiger charge is 2.26. The normalized spacial score (nSPS) is 19.5. The number of rotatable bonds is 7. The first-order valence-electron chi connectivity index (χ1n) is 10.9. The second-order valence-corrected chi connectivity index (χ2v) is 8.31. The van der Waals surface area contributed by atoms with Crippen molar-refractivity contribution in [2.45, 2.75) is 77.6 Å². The molecule has 1 saturated carbocycles. The van der Waals surface area contributed by atoms with E-state index in [-0.39, 0.29) is 5.92 Å². The van der Waals surface area contributed by atoms with E-state index in [0.717, 1.165) is 38.5 Å². The molecule has 0 nitrogen and oxygen atoms in total. The zero-order valence-corrected chi connectivity index (χ0v) is 17.3. The van der Waals surface area contributed by atoms with Gasteiger partial charge in [-0.15, -0.1) is 0 Å². The van der Waals surface area contributed by atoms with E-state index in [9.17, 15) is 17.6 Å². The number of aryl methyl sites for hydroxylation is 3. The van der Waals surface area contributed by atoms with Crippen molar-refractivity contribution in [3.8, 4) is 0 Å². The highest BCUT2D eigenvalue weighted by atomic mass is 19.2. The van der Waals surface area contributed by atoms with Gasteiger partial charge in [0.05, 0.1) is 0 Å². The predicted molar refractivity (Wildman–Crippen MR) is 109 cm³/mol. The molecule has 0 N–H and O–H groups in total. The Morgan fingerprint density at radius 3 is 1.83 bits per heavy atom. The van der Waals surface area contributed by atoms with Gasteiger partial charge in [-0.1, -0.05) is 44.5 Å². The highest BCUT2D eigenvalue weighted by Crippen LogP contribution is 2.39. The van der Waals surface area contributed by atoms with Crippen molar-refractivity contribution in [1.82, 2.24) is 0 Å². The molecule has 158 valence electrons. The van der Waals surface area contributed by atoms with Crippen LogP contribution in [-0.4, -0.2) is 0 Å². The van der Waals surface area contributed by atoms with Crippen molar-refractivity contribution in [2.24, 2.45) is 5.92 Å². The van der Waals surface area contributed by atoms with E-state index < -0.39 is 23.3 Å². The Bertz CT molecular complexity index is 835. The maximum atomic E-state index is 14.4. The van der Waals surface area contributed by atoms with Gasteiger partial charge in [-0.2, -0.15) is 0 Å². The highest BCUT2D eigenvalue weighted by molar-refractivity contribution is 5.30. The molecule has 2 aromatic rings. The molecule has 2 aromatic carbocycles. The quantitative estimate of drug-likeness (QED) is 0.414. The maximum Gasteiger partial charge on any atom is 0.162 e. The fourth-order valence-corrected chi connectivity index (χ4v) is 4.60. The lowest BCUT2D eigenvalue weighted by atomic mass is 9.76. The molecule has 0 radical (unpaired) electrons. The second-order valence-electron chi connectivity index (χ2n) is 8.31. The molecular formula is C25H30F4. The summed E-state index contributed by atoms with van der Waals surface area (Å²) in [6, 6.07) is 6.84. The van der Waals surface area contributed by atoms with Crippen LogP contribution in [0.15, 0.2) is 24.3 Å². The van der Waals surface area contributed by atoms with Crippen molar-refractivity contribution >= 4 is 0 Å². The molecule has 1 aliphatic rings. The largest absolute Gasteiger partial charge is 0.203 e. The molecule has 0 heterocycles. The fraction of sp³-hybridized carbons (Fsp3) is 0.520. The van der Waals surface area contributed by atoms with Gasteiger partial charge in [-0.25, -0.2) is 17.6 Å². The molecule has 0 aliphatic heterocycles. The van der Waals surface area contributed by atoms with E-state index >= 15 is 0 Å². The average molecular weight is 407 g/mol. The van der Waals surface area contributed by atoms with Crippen LogP contribution in [0.25, 0.3) is 0 Å². The van der Waals surface area contributed by atoms with E-state index in [1.54, 1.807) is 24.3 Å². The zero-order valence-electron chi connectivity index (χ0n) is 17.3. The number of halogens is 4. The van der Waals surface area contributed by atoms with Gasteiger partial charge in [0, 0.05) is 0 Å². The van der Waals surface area contributed by atoms with Gasteiger partial charge in [0.1, 0.15) is 0 Å². The molecule has 0 unspecified atom stereocenters. The van der Waals surface area contributed by atoms with Gasteiger partial charge in [0.2, 0.25) is 0 Å². The lowest BCUT2D eigenvalue weighted by Crippen LogP contribution is -2.16. The minimum atomic E-state index is -0.712. The Kier molecular flexibility index (Phi) is 7.37. The van der Waals surface area contributed by atoms with E-state index in [4.69, 9.17) is 0 Å². The Morgan fingerprint density at radius 1 is 0.690 bits per heavy atom. The van der Waals surface area contributed by atoms with Crippen LogP contribution in [0.2, 0.25) is 0 Å². The third kappa shape index (κ3) is 4.84. The minimum absolute atomic E-state index is 0.0363. The summed E-state index contributed by atoms with van der Waals surface area (Å²) < 4.78 is 57.0. The summed E-state index contributed by atoms with van der Waals surface area (Å²) in [5, 5.41) is 0. The molecular weight excluding hydrogens is 376 g/mol. The first kappa shape index (κ1) is 21.9. The van der Waals surface area contributed by atoms with Crippen LogP contribution < -0.4 is 0 Å². The fourth-order valence-electron chi connectivity index (χ4n) is 4.60. The number of hydrogen-bond donors (Lipinski definition) is 0. The summed E-state index contributed by atoms with van der Waals surface area (Å²) in [5.74, 6) is -2.38. The first-order chi connectivity index (χ1) is 14.0. The van der Waals surface area contributed by atoms with Crippen molar-refractivity contribution in [1.29, 1.82) is 0 Å². The lowest BCUT2D eigenvalue weighted by Gasteiger charge is -2.29. The Balaban J connectivity index is 1.57. The Hall–Kier alpha value is -1.84. The first-order valence-corrected chi connectivity index (χ1v) is 10.9.